The van der Waals surface area contributed by atoms with E-state index < -0.39 is 0 Å². The summed E-state index contributed by atoms with van der Waals surface area (Å²) in [5.41, 5.74) is 2.42. The fraction of sp³-hybridized carbons (Fsp3) is 0.588. The Bertz CT molecular complexity index is 500. The van der Waals surface area contributed by atoms with Gasteiger partial charge in [-0.05, 0) is 42.7 Å². The van der Waals surface area contributed by atoms with Crippen LogP contribution in [-0.2, 0) is 11.3 Å². The molecule has 1 aromatic carbocycles. The van der Waals surface area contributed by atoms with E-state index >= 15 is 0 Å². The van der Waals surface area contributed by atoms with Crippen molar-refractivity contribution in [1.82, 2.24) is 4.90 Å². The van der Waals surface area contributed by atoms with Gasteiger partial charge < -0.3 is 10.2 Å². The minimum Gasteiger partial charge on any atom is -0.382 e. The van der Waals surface area contributed by atoms with Gasteiger partial charge in [-0.2, -0.15) is 0 Å². The third kappa shape index (κ3) is 2.67. The predicted molar refractivity (Wildman–Crippen MR) is 81.4 cm³/mol. The van der Waals surface area contributed by atoms with Gasteiger partial charge in [-0.1, -0.05) is 24.6 Å². The topological polar surface area (TPSA) is 32.3 Å². The summed E-state index contributed by atoms with van der Waals surface area (Å²) in [4.78, 5) is 13.2. The number of carbonyl (C=O) groups excluding carboxylic acids is 1. The molecular formula is C17H24N2O. The number of rotatable bonds is 4. The second-order valence-corrected chi connectivity index (χ2v) is 6.46. The van der Waals surface area contributed by atoms with Gasteiger partial charge in [0.2, 0.25) is 5.91 Å². The standard InChI is InChI=1S/C17H24N2O/c1-12(20)19(2)11-15-5-3-4-6-16(15)18-17-10-13-7-8-14(17)9-13/h3-6,13-14,17-18H,7-11H2,1-2H3. The molecule has 2 saturated carbocycles. The van der Waals surface area contributed by atoms with Gasteiger partial charge in [0, 0.05) is 32.2 Å². The molecule has 1 amide bonds. The van der Waals surface area contributed by atoms with E-state index in [9.17, 15) is 4.79 Å². The van der Waals surface area contributed by atoms with Crippen LogP contribution in [0, 0.1) is 11.8 Å². The molecule has 2 fully saturated rings. The van der Waals surface area contributed by atoms with Crippen molar-refractivity contribution in [3.8, 4) is 0 Å². The Labute approximate surface area is 121 Å². The molecule has 1 N–H and O–H groups in total. The lowest BCUT2D eigenvalue weighted by Crippen LogP contribution is -2.28. The summed E-state index contributed by atoms with van der Waals surface area (Å²) in [5, 5.41) is 3.75. The lowest BCUT2D eigenvalue weighted by Gasteiger charge is -2.26. The van der Waals surface area contributed by atoms with Crippen LogP contribution in [0.4, 0.5) is 5.69 Å². The van der Waals surface area contributed by atoms with E-state index in [0.29, 0.717) is 12.6 Å². The summed E-state index contributed by atoms with van der Waals surface area (Å²) in [6.45, 7) is 2.30. The number of hydrogen-bond acceptors (Lipinski definition) is 2. The molecule has 2 bridgehead atoms. The summed E-state index contributed by atoms with van der Waals surface area (Å²) in [7, 11) is 1.86. The van der Waals surface area contributed by atoms with Gasteiger partial charge in [0.1, 0.15) is 0 Å². The number of amides is 1. The molecule has 0 heterocycles. The smallest absolute Gasteiger partial charge is 0.219 e. The summed E-state index contributed by atoms with van der Waals surface area (Å²) >= 11 is 0. The highest BCUT2D eigenvalue weighted by atomic mass is 16.2. The fourth-order valence-corrected chi connectivity index (χ4v) is 3.79. The molecule has 3 heteroatoms. The van der Waals surface area contributed by atoms with Crippen LogP contribution in [0.1, 0.15) is 38.2 Å². The first-order valence-electron chi connectivity index (χ1n) is 7.69. The number of para-hydroxylation sites is 1. The van der Waals surface area contributed by atoms with Gasteiger partial charge in [-0.25, -0.2) is 0 Å². The van der Waals surface area contributed by atoms with Crippen molar-refractivity contribution in [2.45, 2.75) is 45.2 Å². The number of nitrogens with zero attached hydrogens (tertiary/aromatic N) is 1. The number of carbonyl (C=O) groups is 1. The van der Waals surface area contributed by atoms with Gasteiger partial charge in [0.05, 0.1) is 0 Å². The van der Waals surface area contributed by atoms with Crippen LogP contribution in [0.25, 0.3) is 0 Å². The van der Waals surface area contributed by atoms with Crippen molar-refractivity contribution in [2.75, 3.05) is 12.4 Å². The van der Waals surface area contributed by atoms with Crippen LogP contribution in [-0.4, -0.2) is 23.9 Å². The molecule has 108 valence electrons. The van der Waals surface area contributed by atoms with Crippen molar-refractivity contribution in [2.24, 2.45) is 11.8 Å². The highest BCUT2D eigenvalue weighted by Crippen LogP contribution is 2.45. The largest absolute Gasteiger partial charge is 0.382 e. The lowest BCUT2D eigenvalue weighted by molar-refractivity contribution is -0.128. The maximum absolute atomic E-state index is 11.4. The Kier molecular flexibility index (Phi) is 3.68. The summed E-state index contributed by atoms with van der Waals surface area (Å²) in [6.07, 6.45) is 5.55. The average molecular weight is 272 g/mol. The van der Waals surface area contributed by atoms with Crippen molar-refractivity contribution in [3.63, 3.8) is 0 Å². The molecule has 3 atom stereocenters. The molecule has 2 aliphatic carbocycles. The zero-order valence-electron chi connectivity index (χ0n) is 12.4. The third-order valence-corrected chi connectivity index (χ3v) is 5.04. The van der Waals surface area contributed by atoms with Gasteiger partial charge in [-0.15, -0.1) is 0 Å². The normalized spacial score (nSPS) is 27.6. The highest BCUT2D eigenvalue weighted by Gasteiger charge is 2.39. The number of fused-ring (bicyclic) bond motifs is 2. The van der Waals surface area contributed by atoms with E-state index in [4.69, 9.17) is 0 Å². The lowest BCUT2D eigenvalue weighted by atomic mass is 9.95. The molecule has 0 aromatic heterocycles. The summed E-state index contributed by atoms with van der Waals surface area (Å²) < 4.78 is 0. The number of anilines is 1. The predicted octanol–water partition coefficient (Wildman–Crippen LogP) is 3.27. The Morgan fingerprint density at radius 1 is 1.30 bits per heavy atom. The molecular weight excluding hydrogens is 248 g/mol. The Morgan fingerprint density at radius 3 is 2.75 bits per heavy atom. The molecule has 0 saturated heterocycles. The van der Waals surface area contributed by atoms with Crippen molar-refractivity contribution >= 4 is 11.6 Å². The summed E-state index contributed by atoms with van der Waals surface area (Å²) in [5.74, 6) is 1.92. The van der Waals surface area contributed by atoms with Gasteiger partial charge in [-0.3, -0.25) is 4.79 Å². The minimum absolute atomic E-state index is 0.111. The minimum atomic E-state index is 0.111. The van der Waals surface area contributed by atoms with E-state index in [1.165, 1.54) is 36.9 Å². The second-order valence-electron chi connectivity index (χ2n) is 6.46. The average Bonchev–Trinajstić information content (AvgIpc) is 3.03. The van der Waals surface area contributed by atoms with Crippen LogP contribution in [0.15, 0.2) is 24.3 Å². The van der Waals surface area contributed by atoms with Crippen LogP contribution in [0.5, 0.6) is 0 Å². The highest BCUT2D eigenvalue weighted by molar-refractivity contribution is 5.73. The first-order chi connectivity index (χ1) is 9.63. The Hall–Kier alpha value is -1.51. The Morgan fingerprint density at radius 2 is 2.10 bits per heavy atom. The molecule has 3 rings (SSSR count). The van der Waals surface area contributed by atoms with Crippen LogP contribution >= 0.6 is 0 Å². The third-order valence-electron chi connectivity index (χ3n) is 5.04. The monoisotopic (exact) mass is 272 g/mol. The molecule has 0 aliphatic heterocycles. The van der Waals surface area contributed by atoms with E-state index in [1.807, 2.05) is 7.05 Å². The van der Waals surface area contributed by atoms with Crippen molar-refractivity contribution in [1.29, 1.82) is 0 Å². The zero-order chi connectivity index (χ0) is 14.1. The zero-order valence-corrected chi connectivity index (χ0v) is 12.4. The van der Waals surface area contributed by atoms with Crippen molar-refractivity contribution < 1.29 is 4.79 Å². The number of nitrogens with one attached hydrogen (secondary N) is 1. The molecule has 3 nitrogen and oxygen atoms in total. The van der Waals surface area contributed by atoms with Gasteiger partial charge in [0.25, 0.3) is 0 Å². The molecule has 0 spiro atoms. The molecule has 3 unspecified atom stereocenters. The first kappa shape index (κ1) is 13.5. The van der Waals surface area contributed by atoms with Gasteiger partial charge >= 0.3 is 0 Å². The number of hydrogen-bond donors (Lipinski definition) is 1. The molecule has 20 heavy (non-hydrogen) atoms. The van der Waals surface area contributed by atoms with E-state index in [1.54, 1.807) is 11.8 Å². The maximum Gasteiger partial charge on any atom is 0.219 e. The fourth-order valence-electron chi connectivity index (χ4n) is 3.79. The van der Waals surface area contributed by atoms with Crippen LogP contribution in [0.3, 0.4) is 0 Å². The second kappa shape index (κ2) is 5.47. The van der Waals surface area contributed by atoms with Crippen LogP contribution in [0.2, 0.25) is 0 Å². The Balaban J connectivity index is 1.71. The van der Waals surface area contributed by atoms with E-state index in [-0.39, 0.29) is 5.91 Å². The molecule has 2 aliphatic rings. The quantitative estimate of drug-likeness (QED) is 0.912. The first-order valence-corrected chi connectivity index (χ1v) is 7.69. The maximum atomic E-state index is 11.4. The van der Waals surface area contributed by atoms with Crippen LogP contribution < -0.4 is 5.32 Å². The van der Waals surface area contributed by atoms with Gasteiger partial charge in [0.15, 0.2) is 0 Å². The molecule has 1 aromatic rings. The summed E-state index contributed by atoms with van der Waals surface area (Å²) in [6, 6.07) is 9.03. The van der Waals surface area contributed by atoms with E-state index in [0.717, 1.165) is 11.8 Å². The number of benzene rings is 1. The van der Waals surface area contributed by atoms with Crippen molar-refractivity contribution in [3.05, 3.63) is 29.8 Å². The van der Waals surface area contributed by atoms with E-state index in [2.05, 4.69) is 29.6 Å². The SMILES string of the molecule is CC(=O)N(C)Cc1ccccc1NC1CC2CCC1C2. The molecule has 0 radical (unpaired) electrons.